The highest BCUT2D eigenvalue weighted by Crippen LogP contribution is 2.37. The van der Waals surface area contributed by atoms with Crippen LogP contribution in [-0.4, -0.2) is 36.0 Å². The Labute approximate surface area is 205 Å². The standard InChI is InChI=1S/C26H31N3O4S/c1-6-32-21-11-9-8-10-20(21)24-23(25(31)33-7-2)18(5)27-26(29-24)34-15-22(30)28-19-13-12-16(3)17(4)14-19/h8-14,24H,6-7,15H2,1-5H3,(H,27,29)(H,28,30)/t24-/m0/s1. The minimum absolute atomic E-state index is 0.137. The topological polar surface area (TPSA) is 89.0 Å². The van der Waals surface area contributed by atoms with Gasteiger partial charge in [0.25, 0.3) is 0 Å². The molecule has 7 nitrogen and oxygen atoms in total. The van der Waals surface area contributed by atoms with E-state index in [9.17, 15) is 9.59 Å². The molecule has 0 saturated heterocycles. The Hall–Kier alpha value is -3.26. The maximum Gasteiger partial charge on any atom is 0.338 e. The van der Waals surface area contributed by atoms with Crippen molar-refractivity contribution < 1.29 is 19.1 Å². The summed E-state index contributed by atoms with van der Waals surface area (Å²) in [5.41, 5.74) is 4.89. The van der Waals surface area contributed by atoms with Crippen LogP contribution in [0.5, 0.6) is 5.75 Å². The molecule has 2 aromatic rings. The van der Waals surface area contributed by atoms with Gasteiger partial charge in [0.15, 0.2) is 5.17 Å². The Morgan fingerprint density at radius 3 is 2.53 bits per heavy atom. The van der Waals surface area contributed by atoms with E-state index < -0.39 is 12.0 Å². The molecule has 1 atom stereocenters. The van der Waals surface area contributed by atoms with Crippen molar-refractivity contribution in [3.8, 4) is 5.75 Å². The van der Waals surface area contributed by atoms with Gasteiger partial charge in [-0.05, 0) is 63.9 Å². The van der Waals surface area contributed by atoms with Gasteiger partial charge >= 0.3 is 5.97 Å². The number of amidine groups is 1. The molecule has 0 unspecified atom stereocenters. The van der Waals surface area contributed by atoms with Crippen molar-refractivity contribution in [2.75, 3.05) is 24.3 Å². The van der Waals surface area contributed by atoms with Gasteiger partial charge in [0.1, 0.15) is 11.8 Å². The molecule has 0 spiro atoms. The molecule has 8 heteroatoms. The summed E-state index contributed by atoms with van der Waals surface area (Å²) in [6.07, 6.45) is 0. The fourth-order valence-corrected chi connectivity index (χ4v) is 4.31. The molecule has 0 radical (unpaired) electrons. The molecular formula is C26H31N3O4S. The monoisotopic (exact) mass is 481 g/mol. The number of anilines is 1. The zero-order valence-electron chi connectivity index (χ0n) is 20.2. The second kappa shape index (κ2) is 11.7. The number of nitrogens with zero attached hydrogens (tertiary/aromatic N) is 1. The Kier molecular flexibility index (Phi) is 8.76. The van der Waals surface area contributed by atoms with Crippen molar-refractivity contribution in [3.63, 3.8) is 0 Å². The number of aliphatic imine (C=N–C) groups is 1. The van der Waals surface area contributed by atoms with E-state index in [1.165, 1.54) is 17.3 Å². The van der Waals surface area contributed by atoms with Crippen molar-refractivity contribution in [1.29, 1.82) is 0 Å². The molecule has 3 rings (SSSR count). The number of ether oxygens (including phenoxy) is 2. The molecule has 0 bridgehead atoms. The number of allylic oxidation sites excluding steroid dienone is 1. The van der Waals surface area contributed by atoms with Crippen LogP contribution in [0.2, 0.25) is 0 Å². The summed E-state index contributed by atoms with van der Waals surface area (Å²) in [6, 6.07) is 12.7. The first-order valence-electron chi connectivity index (χ1n) is 11.3. The second-order valence-corrected chi connectivity index (χ2v) is 8.79. The van der Waals surface area contributed by atoms with E-state index in [0.29, 0.717) is 28.8 Å². The summed E-state index contributed by atoms with van der Waals surface area (Å²) in [5, 5.41) is 6.64. The lowest BCUT2D eigenvalue weighted by Gasteiger charge is -2.26. The molecule has 1 aliphatic rings. The summed E-state index contributed by atoms with van der Waals surface area (Å²) in [5.74, 6) is 0.263. The third-order valence-corrected chi connectivity index (χ3v) is 6.25. The van der Waals surface area contributed by atoms with E-state index in [1.54, 1.807) is 6.92 Å². The zero-order valence-corrected chi connectivity index (χ0v) is 21.0. The van der Waals surface area contributed by atoms with Crippen molar-refractivity contribution in [1.82, 2.24) is 5.32 Å². The number of aryl methyl sites for hydroxylation is 2. The van der Waals surface area contributed by atoms with E-state index in [-0.39, 0.29) is 18.3 Å². The predicted molar refractivity (Wildman–Crippen MR) is 137 cm³/mol. The number of hydrogen-bond acceptors (Lipinski definition) is 7. The van der Waals surface area contributed by atoms with Crippen molar-refractivity contribution in [2.45, 2.75) is 40.7 Å². The lowest BCUT2D eigenvalue weighted by Crippen LogP contribution is -2.31. The van der Waals surface area contributed by atoms with E-state index in [4.69, 9.17) is 14.5 Å². The maximum atomic E-state index is 12.8. The highest BCUT2D eigenvalue weighted by atomic mass is 32.2. The smallest absolute Gasteiger partial charge is 0.338 e. The number of thioether (sulfide) groups is 1. The van der Waals surface area contributed by atoms with Crippen LogP contribution in [0, 0.1) is 13.8 Å². The number of nitrogens with one attached hydrogen (secondary N) is 2. The van der Waals surface area contributed by atoms with Gasteiger partial charge in [0.2, 0.25) is 5.91 Å². The minimum atomic E-state index is -0.603. The largest absolute Gasteiger partial charge is 0.494 e. The third-order valence-electron chi connectivity index (χ3n) is 5.36. The first-order chi connectivity index (χ1) is 16.3. The molecule has 2 N–H and O–H groups in total. The van der Waals surface area contributed by atoms with Crippen LogP contribution in [-0.2, 0) is 14.3 Å². The van der Waals surface area contributed by atoms with Crippen LogP contribution in [0.1, 0.15) is 43.5 Å². The van der Waals surface area contributed by atoms with Crippen molar-refractivity contribution in [3.05, 3.63) is 70.4 Å². The number of rotatable bonds is 8. The first kappa shape index (κ1) is 25.4. The summed E-state index contributed by atoms with van der Waals surface area (Å²) in [6.45, 7) is 10.3. The highest BCUT2D eigenvalue weighted by molar-refractivity contribution is 8.14. The zero-order chi connectivity index (χ0) is 24.7. The molecule has 0 fully saturated rings. The van der Waals surface area contributed by atoms with Gasteiger partial charge in [-0.3, -0.25) is 4.79 Å². The fourth-order valence-electron chi connectivity index (χ4n) is 3.56. The number of hydrogen-bond donors (Lipinski definition) is 2. The first-order valence-corrected chi connectivity index (χ1v) is 12.3. The lowest BCUT2D eigenvalue weighted by molar-refractivity contribution is -0.139. The Morgan fingerprint density at radius 1 is 1.06 bits per heavy atom. The summed E-state index contributed by atoms with van der Waals surface area (Å²) >= 11 is 1.28. The molecule has 0 saturated carbocycles. The quantitative estimate of drug-likeness (QED) is 0.521. The van der Waals surface area contributed by atoms with Gasteiger partial charge in [-0.2, -0.15) is 0 Å². The minimum Gasteiger partial charge on any atom is -0.494 e. The van der Waals surface area contributed by atoms with Crippen molar-refractivity contribution >= 4 is 34.5 Å². The van der Waals surface area contributed by atoms with Crippen LogP contribution in [0.15, 0.2) is 58.7 Å². The van der Waals surface area contributed by atoms with Crippen LogP contribution in [0.25, 0.3) is 0 Å². The van der Waals surface area contributed by atoms with Gasteiger partial charge in [-0.15, -0.1) is 0 Å². The normalized spacial score (nSPS) is 15.3. The number of amides is 1. The average molecular weight is 482 g/mol. The number of benzene rings is 2. The molecule has 1 heterocycles. The van der Waals surface area contributed by atoms with Crippen LogP contribution >= 0.6 is 11.8 Å². The number of para-hydroxylation sites is 1. The molecule has 180 valence electrons. The van der Waals surface area contributed by atoms with Gasteiger partial charge in [-0.1, -0.05) is 36.0 Å². The van der Waals surface area contributed by atoms with Gasteiger partial charge < -0.3 is 20.1 Å². The molecule has 1 amide bonds. The summed E-state index contributed by atoms with van der Waals surface area (Å²) in [7, 11) is 0. The van der Waals surface area contributed by atoms with E-state index in [2.05, 4.69) is 10.6 Å². The average Bonchev–Trinajstić information content (AvgIpc) is 2.80. The molecular weight excluding hydrogens is 450 g/mol. The molecule has 0 aromatic heterocycles. The van der Waals surface area contributed by atoms with E-state index >= 15 is 0 Å². The predicted octanol–water partition coefficient (Wildman–Crippen LogP) is 4.91. The van der Waals surface area contributed by atoms with Gasteiger partial charge in [0, 0.05) is 16.9 Å². The van der Waals surface area contributed by atoms with Crippen molar-refractivity contribution in [2.24, 2.45) is 4.99 Å². The lowest BCUT2D eigenvalue weighted by atomic mass is 9.96. The Morgan fingerprint density at radius 2 is 1.82 bits per heavy atom. The SMILES string of the molecule is CCOC(=O)C1=C(C)NC(SCC(=O)Nc2ccc(C)c(C)c2)=N[C@H]1c1ccccc1OCC. The van der Waals surface area contributed by atoms with Gasteiger partial charge in [0.05, 0.1) is 24.5 Å². The van der Waals surface area contributed by atoms with E-state index in [0.717, 1.165) is 16.8 Å². The highest BCUT2D eigenvalue weighted by Gasteiger charge is 2.32. The maximum absolute atomic E-state index is 12.8. The molecule has 34 heavy (non-hydrogen) atoms. The molecule has 2 aromatic carbocycles. The fraction of sp³-hybridized carbons (Fsp3) is 0.346. The van der Waals surface area contributed by atoms with Gasteiger partial charge in [-0.25, -0.2) is 9.79 Å². The van der Waals surface area contributed by atoms with E-state index in [1.807, 2.05) is 70.2 Å². The molecule has 1 aliphatic heterocycles. The number of esters is 1. The molecule has 0 aliphatic carbocycles. The number of carbonyl (C=O) groups is 2. The number of carbonyl (C=O) groups excluding carboxylic acids is 2. The Balaban J connectivity index is 1.81. The third kappa shape index (κ3) is 6.20. The van der Waals surface area contributed by atoms with Crippen LogP contribution in [0.3, 0.4) is 0 Å². The van der Waals surface area contributed by atoms with Crippen LogP contribution < -0.4 is 15.4 Å². The summed E-state index contributed by atoms with van der Waals surface area (Å²) < 4.78 is 11.1. The second-order valence-electron chi connectivity index (χ2n) is 7.83. The Bertz CT molecular complexity index is 1130. The van der Waals surface area contributed by atoms with Crippen LogP contribution in [0.4, 0.5) is 5.69 Å². The summed E-state index contributed by atoms with van der Waals surface area (Å²) in [4.78, 5) is 30.1.